The second-order valence-electron chi connectivity index (χ2n) is 6.89. The Kier molecular flexibility index (Phi) is 9.02. The Morgan fingerprint density at radius 2 is 2.09 bits per heavy atom. The van der Waals surface area contributed by atoms with Crippen LogP contribution in [0.1, 0.15) is 11.3 Å². The van der Waals surface area contributed by atoms with Crippen molar-refractivity contribution in [3.05, 3.63) is 41.6 Å². The molecule has 0 spiro atoms. The van der Waals surface area contributed by atoms with Crippen molar-refractivity contribution in [3.63, 3.8) is 0 Å². The Bertz CT molecular complexity index is 976. The average molecular weight is 457 g/mol. The Hall–Kier alpha value is -2.95. The molecular weight excluding hydrogens is 428 g/mol. The van der Waals surface area contributed by atoms with E-state index in [1.54, 1.807) is 26.4 Å². The van der Waals surface area contributed by atoms with E-state index in [4.69, 9.17) is 32.1 Å². The van der Waals surface area contributed by atoms with Gasteiger partial charge in [0.05, 0.1) is 36.6 Å². The van der Waals surface area contributed by atoms with Crippen LogP contribution in [-0.2, 0) is 14.3 Å². The second-order valence-corrected chi connectivity index (χ2v) is 7.34. The van der Waals surface area contributed by atoms with Crippen LogP contribution in [0.25, 0.3) is 17.5 Å². The van der Waals surface area contributed by atoms with Crippen molar-refractivity contribution in [2.75, 3.05) is 58.5 Å². The molecule has 1 saturated heterocycles. The normalized spacial score (nSPS) is 14.3. The lowest BCUT2D eigenvalue weighted by atomic mass is 10.1. The predicted molar refractivity (Wildman–Crippen MR) is 128 cm³/mol. The number of carbonyl (C=O) groups is 1. The van der Waals surface area contributed by atoms with Crippen LogP contribution in [0.2, 0.25) is 0 Å². The third kappa shape index (κ3) is 6.28. The first-order valence-electron chi connectivity index (χ1n) is 10.3. The Morgan fingerprint density at radius 1 is 1.31 bits per heavy atom. The van der Waals surface area contributed by atoms with Gasteiger partial charge in [-0.1, -0.05) is 24.3 Å². The van der Waals surface area contributed by atoms with E-state index in [2.05, 4.69) is 20.7 Å². The zero-order valence-corrected chi connectivity index (χ0v) is 19.1. The fraction of sp³-hybridized carbons (Fsp3) is 0.364. The number of hydrazone groups is 1. The molecular formula is C22H28N6O3S. The van der Waals surface area contributed by atoms with Crippen LogP contribution in [0.3, 0.4) is 0 Å². The smallest absolute Gasteiger partial charge is 0.244 e. The number of amides is 1. The molecule has 9 nitrogen and oxygen atoms in total. The average Bonchev–Trinajstić information content (AvgIpc) is 2.83. The van der Waals surface area contributed by atoms with E-state index in [9.17, 15) is 4.79 Å². The van der Waals surface area contributed by atoms with Gasteiger partial charge in [-0.2, -0.15) is 5.10 Å². The van der Waals surface area contributed by atoms with Gasteiger partial charge in [-0.05, 0) is 6.08 Å². The molecule has 3 rings (SSSR count). The summed E-state index contributed by atoms with van der Waals surface area (Å²) >= 11 is 4.70. The molecule has 10 heteroatoms. The first kappa shape index (κ1) is 23.7. The molecule has 2 N–H and O–H groups in total. The number of carbonyl (C=O) groups excluding carboxylic acids is 1. The molecule has 1 aliphatic rings. The number of aromatic nitrogens is 2. The molecule has 1 aromatic carbocycles. The number of rotatable bonds is 9. The Labute approximate surface area is 193 Å². The lowest BCUT2D eigenvalue weighted by Gasteiger charge is -2.29. The van der Waals surface area contributed by atoms with Gasteiger partial charge in [0.2, 0.25) is 5.91 Å². The van der Waals surface area contributed by atoms with Crippen LogP contribution in [0.15, 0.2) is 40.3 Å². The lowest BCUT2D eigenvalue weighted by Crippen LogP contribution is -2.37. The fourth-order valence-electron chi connectivity index (χ4n) is 3.13. The number of benzene rings is 1. The molecule has 1 aromatic heterocycles. The van der Waals surface area contributed by atoms with Gasteiger partial charge >= 0.3 is 0 Å². The number of morpholine rings is 1. The number of hydrogen-bond acceptors (Lipinski definition) is 9. The second kappa shape index (κ2) is 12.2. The topological polar surface area (TPSA) is 101 Å². The van der Waals surface area contributed by atoms with E-state index in [0.717, 1.165) is 11.1 Å². The van der Waals surface area contributed by atoms with E-state index < -0.39 is 0 Å². The van der Waals surface area contributed by atoms with Crippen LogP contribution in [0.5, 0.6) is 0 Å². The van der Waals surface area contributed by atoms with Crippen molar-refractivity contribution in [1.82, 2.24) is 20.7 Å². The van der Waals surface area contributed by atoms with Crippen LogP contribution >= 0.6 is 12.6 Å². The highest BCUT2D eigenvalue weighted by Gasteiger charge is 2.20. The SMILES string of the molecule is CN/N=C\c1ccccc1-c1nc(/C=C/C(=O)NCCOC)c(S)c(N2CCOCC2)n1. The van der Waals surface area contributed by atoms with Gasteiger partial charge in [0.25, 0.3) is 0 Å². The van der Waals surface area contributed by atoms with Gasteiger partial charge in [0, 0.05) is 51.0 Å². The van der Waals surface area contributed by atoms with E-state index in [1.165, 1.54) is 6.08 Å². The zero-order valence-electron chi connectivity index (χ0n) is 18.2. The predicted octanol–water partition coefficient (Wildman–Crippen LogP) is 1.60. The summed E-state index contributed by atoms with van der Waals surface area (Å²) in [7, 11) is 3.33. The summed E-state index contributed by atoms with van der Waals surface area (Å²) in [6.45, 7) is 3.51. The summed E-state index contributed by atoms with van der Waals surface area (Å²) in [5.74, 6) is 1.01. The van der Waals surface area contributed by atoms with Crippen molar-refractivity contribution in [2.45, 2.75) is 4.90 Å². The summed E-state index contributed by atoms with van der Waals surface area (Å²) in [4.78, 5) is 24.4. The largest absolute Gasteiger partial charge is 0.383 e. The third-order valence-electron chi connectivity index (χ3n) is 4.74. The van der Waals surface area contributed by atoms with E-state index in [0.29, 0.717) is 61.7 Å². The van der Waals surface area contributed by atoms with Gasteiger partial charge in [-0.25, -0.2) is 9.97 Å². The molecule has 1 fully saturated rings. The molecule has 0 radical (unpaired) electrons. The number of anilines is 1. The van der Waals surface area contributed by atoms with Gasteiger partial charge in [-0.3, -0.25) is 4.79 Å². The van der Waals surface area contributed by atoms with Crippen LogP contribution in [0, 0.1) is 0 Å². The Morgan fingerprint density at radius 3 is 2.84 bits per heavy atom. The number of nitrogens with zero attached hydrogens (tertiary/aromatic N) is 4. The van der Waals surface area contributed by atoms with Crippen LogP contribution in [0.4, 0.5) is 5.82 Å². The monoisotopic (exact) mass is 456 g/mol. The molecule has 32 heavy (non-hydrogen) atoms. The zero-order chi connectivity index (χ0) is 22.8. The van der Waals surface area contributed by atoms with Crippen molar-refractivity contribution in [2.24, 2.45) is 5.10 Å². The third-order valence-corrected chi connectivity index (χ3v) is 5.16. The summed E-state index contributed by atoms with van der Waals surface area (Å²) in [6, 6.07) is 7.75. The fourth-order valence-corrected chi connectivity index (χ4v) is 3.45. The van der Waals surface area contributed by atoms with E-state index in [-0.39, 0.29) is 5.91 Å². The highest BCUT2D eigenvalue weighted by atomic mass is 32.1. The number of ether oxygens (including phenoxy) is 2. The van der Waals surface area contributed by atoms with Crippen LogP contribution < -0.4 is 15.6 Å². The van der Waals surface area contributed by atoms with Crippen molar-refractivity contribution in [1.29, 1.82) is 0 Å². The minimum atomic E-state index is -0.232. The maximum atomic E-state index is 12.1. The van der Waals surface area contributed by atoms with Crippen molar-refractivity contribution < 1.29 is 14.3 Å². The van der Waals surface area contributed by atoms with Gasteiger partial charge in [0.15, 0.2) is 5.82 Å². The van der Waals surface area contributed by atoms with E-state index >= 15 is 0 Å². The highest BCUT2D eigenvalue weighted by Crippen LogP contribution is 2.30. The number of nitrogens with one attached hydrogen (secondary N) is 2. The molecule has 0 unspecified atom stereocenters. The quantitative estimate of drug-likeness (QED) is 0.173. The molecule has 0 aliphatic carbocycles. The van der Waals surface area contributed by atoms with Crippen molar-refractivity contribution >= 4 is 36.6 Å². The molecule has 0 saturated carbocycles. The lowest BCUT2D eigenvalue weighted by molar-refractivity contribution is -0.116. The first-order valence-corrected chi connectivity index (χ1v) is 10.8. The first-order chi connectivity index (χ1) is 15.6. The van der Waals surface area contributed by atoms with Gasteiger partial charge in [0.1, 0.15) is 5.82 Å². The molecule has 170 valence electrons. The Balaban J connectivity index is 2.01. The minimum absolute atomic E-state index is 0.232. The number of thiol groups is 1. The van der Waals surface area contributed by atoms with Gasteiger partial charge < -0.3 is 25.1 Å². The summed E-state index contributed by atoms with van der Waals surface area (Å²) in [6.07, 6.45) is 4.82. The molecule has 1 aliphatic heterocycles. The standard InChI is InChI=1S/C22H28N6O3S/c1-23-25-15-16-5-3-4-6-17(16)21-26-18(7-8-19(29)24-9-12-30-2)20(32)22(27-21)28-10-13-31-14-11-28/h3-8,15,23,32H,9-14H2,1-2H3,(H,24,29)/b8-7+,25-15-. The molecule has 1 amide bonds. The van der Waals surface area contributed by atoms with Crippen molar-refractivity contribution in [3.8, 4) is 11.4 Å². The minimum Gasteiger partial charge on any atom is -0.383 e. The summed E-state index contributed by atoms with van der Waals surface area (Å²) in [5, 5.41) is 6.89. The number of hydrogen-bond donors (Lipinski definition) is 3. The molecule has 2 aromatic rings. The molecule has 0 atom stereocenters. The van der Waals surface area contributed by atoms with Crippen LogP contribution in [-0.4, -0.2) is 75.7 Å². The summed E-state index contributed by atoms with van der Waals surface area (Å²) < 4.78 is 10.4. The maximum absolute atomic E-state index is 12.1. The molecule has 0 bridgehead atoms. The molecule has 2 heterocycles. The number of methoxy groups -OCH3 is 1. The highest BCUT2D eigenvalue weighted by molar-refractivity contribution is 7.80. The van der Waals surface area contributed by atoms with E-state index in [1.807, 2.05) is 24.3 Å². The summed E-state index contributed by atoms with van der Waals surface area (Å²) in [5.41, 5.74) is 5.02. The van der Waals surface area contributed by atoms with Gasteiger partial charge in [-0.15, -0.1) is 12.6 Å². The maximum Gasteiger partial charge on any atom is 0.244 e.